The minimum absolute atomic E-state index is 0.0179. The molecule has 0 fully saturated rings. The first-order valence-corrected chi connectivity index (χ1v) is 11.5. The fourth-order valence-corrected chi connectivity index (χ4v) is 4.49. The summed E-state index contributed by atoms with van der Waals surface area (Å²) in [6, 6.07) is 15.3. The van der Waals surface area contributed by atoms with E-state index in [0.717, 1.165) is 22.3 Å². The fraction of sp³-hybridized carbons (Fsp3) is 0.308. The Morgan fingerprint density at radius 3 is 2.31 bits per heavy atom. The first-order chi connectivity index (χ1) is 16.9. The minimum atomic E-state index is -1.12. The molecule has 1 unspecified atom stereocenters. The van der Waals surface area contributed by atoms with E-state index < -0.39 is 24.0 Å². The van der Waals surface area contributed by atoms with Crippen molar-refractivity contribution in [3.8, 4) is 11.1 Å². The molecule has 0 saturated carbocycles. The zero-order chi connectivity index (χ0) is 24.9. The highest BCUT2D eigenvalue weighted by atomic mass is 16.5. The molecule has 3 N–H and O–H groups in total. The van der Waals surface area contributed by atoms with Crippen LogP contribution >= 0.6 is 0 Å². The molecule has 1 heterocycles. The lowest BCUT2D eigenvalue weighted by Crippen LogP contribution is -2.47. The Kier molecular flexibility index (Phi) is 7.14. The van der Waals surface area contributed by atoms with Gasteiger partial charge in [0, 0.05) is 13.0 Å². The van der Waals surface area contributed by atoms with Crippen LogP contribution in [-0.2, 0) is 23.1 Å². The Balaban J connectivity index is 1.38. The summed E-state index contributed by atoms with van der Waals surface area (Å²) in [5, 5.41) is 18.6. The van der Waals surface area contributed by atoms with Gasteiger partial charge < -0.3 is 20.5 Å². The molecule has 35 heavy (non-hydrogen) atoms. The molecule has 0 radical (unpaired) electrons. The van der Waals surface area contributed by atoms with Crippen LogP contribution in [0.2, 0.25) is 0 Å². The smallest absolute Gasteiger partial charge is 0.407 e. The number of carbonyl (C=O) groups is 3. The van der Waals surface area contributed by atoms with E-state index >= 15 is 0 Å². The number of rotatable bonds is 9. The number of aromatic carboxylic acids is 1. The third-order valence-electron chi connectivity index (χ3n) is 6.25. The lowest BCUT2D eigenvalue weighted by Gasteiger charge is -2.19. The first-order valence-electron chi connectivity index (χ1n) is 11.5. The van der Waals surface area contributed by atoms with E-state index in [1.165, 1.54) is 10.9 Å². The van der Waals surface area contributed by atoms with Crippen molar-refractivity contribution < 1.29 is 24.2 Å². The zero-order valence-electron chi connectivity index (χ0n) is 19.7. The van der Waals surface area contributed by atoms with Gasteiger partial charge in [-0.1, -0.05) is 61.9 Å². The molecular weight excluding hydrogens is 448 g/mol. The number of hydrogen-bond donors (Lipinski definition) is 3. The molecule has 0 bridgehead atoms. The highest BCUT2D eigenvalue weighted by molar-refractivity contribution is 5.89. The van der Waals surface area contributed by atoms with Crippen LogP contribution in [0.15, 0.2) is 54.7 Å². The van der Waals surface area contributed by atoms with Gasteiger partial charge in [-0.2, -0.15) is 5.10 Å². The van der Waals surface area contributed by atoms with Crippen molar-refractivity contribution in [3.63, 3.8) is 0 Å². The number of alkyl carbamates (subject to hydrolysis) is 1. The first kappa shape index (κ1) is 24.0. The molecule has 1 aliphatic rings. The predicted octanol–water partition coefficient (Wildman–Crippen LogP) is 3.44. The van der Waals surface area contributed by atoms with Crippen LogP contribution in [0.3, 0.4) is 0 Å². The van der Waals surface area contributed by atoms with Crippen LogP contribution in [0.1, 0.15) is 52.9 Å². The molecule has 182 valence electrons. The van der Waals surface area contributed by atoms with Gasteiger partial charge in [-0.15, -0.1) is 0 Å². The van der Waals surface area contributed by atoms with Crippen LogP contribution in [0.5, 0.6) is 0 Å². The van der Waals surface area contributed by atoms with Crippen molar-refractivity contribution in [1.29, 1.82) is 0 Å². The molecule has 0 spiro atoms. The molecule has 0 saturated heterocycles. The summed E-state index contributed by atoms with van der Waals surface area (Å²) in [6.45, 7) is 2.03. The molecule has 1 atom stereocenters. The van der Waals surface area contributed by atoms with E-state index in [1.807, 2.05) is 43.3 Å². The monoisotopic (exact) mass is 476 g/mol. The van der Waals surface area contributed by atoms with E-state index in [2.05, 4.69) is 27.9 Å². The summed E-state index contributed by atoms with van der Waals surface area (Å²) >= 11 is 0. The minimum Gasteiger partial charge on any atom is -0.478 e. The number of carboxylic acid groups (broad SMARTS) is 1. The largest absolute Gasteiger partial charge is 0.478 e. The highest BCUT2D eigenvalue weighted by Crippen LogP contribution is 2.44. The van der Waals surface area contributed by atoms with Gasteiger partial charge in [-0.05, 0) is 28.7 Å². The van der Waals surface area contributed by atoms with Crippen LogP contribution in [0.25, 0.3) is 11.1 Å². The summed E-state index contributed by atoms with van der Waals surface area (Å²) in [5.41, 5.74) is 4.86. The van der Waals surface area contributed by atoms with Gasteiger partial charge in [0.25, 0.3) is 0 Å². The third kappa shape index (κ3) is 5.03. The number of ether oxygens (including phenoxy) is 1. The van der Waals surface area contributed by atoms with Gasteiger partial charge in [0.05, 0.1) is 18.4 Å². The maximum absolute atomic E-state index is 12.8. The fourth-order valence-electron chi connectivity index (χ4n) is 4.49. The normalized spacial score (nSPS) is 13.0. The van der Waals surface area contributed by atoms with E-state index in [9.17, 15) is 19.5 Å². The van der Waals surface area contributed by atoms with Crippen LogP contribution in [0.4, 0.5) is 4.79 Å². The van der Waals surface area contributed by atoms with Crippen molar-refractivity contribution in [2.75, 3.05) is 6.61 Å². The van der Waals surface area contributed by atoms with E-state index in [1.54, 1.807) is 7.05 Å². The van der Waals surface area contributed by atoms with Crippen LogP contribution in [0, 0.1) is 0 Å². The van der Waals surface area contributed by atoms with Crippen molar-refractivity contribution in [1.82, 2.24) is 20.4 Å². The summed E-state index contributed by atoms with van der Waals surface area (Å²) < 4.78 is 6.97. The van der Waals surface area contributed by atoms with E-state index in [4.69, 9.17) is 4.74 Å². The Morgan fingerprint density at radius 2 is 1.71 bits per heavy atom. The Labute approximate surface area is 203 Å². The molecule has 3 aromatic rings. The highest BCUT2D eigenvalue weighted by Gasteiger charge is 2.29. The van der Waals surface area contributed by atoms with Crippen molar-refractivity contribution in [2.24, 2.45) is 7.05 Å². The van der Waals surface area contributed by atoms with Gasteiger partial charge in [0.15, 0.2) is 0 Å². The second-order valence-corrected chi connectivity index (χ2v) is 8.46. The number of carbonyl (C=O) groups excluding carboxylic acids is 2. The number of nitrogens with one attached hydrogen (secondary N) is 2. The lowest BCUT2D eigenvalue weighted by atomic mass is 9.98. The lowest BCUT2D eigenvalue weighted by molar-refractivity contribution is -0.123. The van der Waals surface area contributed by atoms with Gasteiger partial charge in [-0.25, -0.2) is 9.59 Å². The van der Waals surface area contributed by atoms with Gasteiger partial charge in [-0.3, -0.25) is 9.48 Å². The number of aromatic nitrogens is 2. The standard InChI is InChI=1S/C26H28N4O5/c1-3-8-22(24(31)27-14-23-20(25(32)33)13-28-30(23)2)29-26(34)35-15-21-18-11-6-4-9-16(18)17-10-5-7-12-19(17)21/h4-7,9-13,21-22H,3,8,14-15H2,1-2H3,(H,27,31)(H,29,34)(H,32,33). The van der Waals surface area contributed by atoms with Crippen molar-refractivity contribution in [2.45, 2.75) is 38.3 Å². The quantitative estimate of drug-likeness (QED) is 0.435. The molecule has 1 aromatic heterocycles. The Morgan fingerprint density at radius 1 is 1.09 bits per heavy atom. The summed E-state index contributed by atoms with van der Waals surface area (Å²) in [6.07, 6.45) is 1.63. The number of hydrogen-bond acceptors (Lipinski definition) is 5. The maximum Gasteiger partial charge on any atom is 0.407 e. The summed E-state index contributed by atoms with van der Waals surface area (Å²) in [7, 11) is 1.60. The third-order valence-corrected chi connectivity index (χ3v) is 6.25. The molecule has 9 heteroatoms. The summed E-state index contributed by atoms with van der Waals surface area (Å²) in [5.74, 6) is -1.62. The Hall–Kier alpha value is -4.14. The second-order valence-electron chi connectivity index (χ2n) is 8.46. The molecule has 9 nitrogen and oxygen atoms in total. The number of amides is 2. The van der Waals surface area contributed by atoms with Crippen LogP contribution in [-0.4, -0.2) is 45.5 Å². The molecule has 2 aromatic carbocycles. The molecule has 0 aliphatic heterocycles. The molecule has 1 aliphatic carbocycles. The predicted molar refractivity (Wildman–Crippen MR) is 129 cm³/mol. The van der Waals surface area contributed by atoms with Gasteiger partial charge in [0.1, 0.15) is 18.2 Å². The SMILES string of the molecule is CCCC(NC(=O)OCC1c2ccccc2-c2ccccc21)C(=O)NCc1c(C(=O)O)cnn1C. The van der Waals surface area contributed by atoms with Crippen LogP contribution < -0.4 is 10.6 Å². The zero-order valence-corrected chi connectivity index (χ0v) is 19.7. The number of benzene rings is 2. The number of aryl methyl sites for hydroxylation is 1. The average Bonchev–Trinajstić information content (AvgIpc) is 3.38. The second kappa shape index (κ2) is 10.4. The van der Waals surface area contributed by atoms with Crippen molar-refractivity contribution in [3.05, 3.63) is 77.1 Å². The summed E-state index contributed by atoms with van der Waals surface area (Å²) in [4.78, 5) is 36.8. The topological polar surface area (TPSA) is 123 Å². The molecule has 2 amide bonds. The average molecular weight is 477 g/mol. The maximum atomic E-state index is 12.8. The molecule has 4 rings (SSSR count). The van der Waals surface area contributed by atoms with Gasteiger partial charge in [0.2, 0.25) is 5.91 Å². The molecular formula is C26H28N4O5. The van der Waals surface area contributed by atoms with E-state index in [-0.39, 0.29) is 24.6 Å². The number of fused-ring (bicyclic) bond motifs is 3. The Bertz CT molecular complexity index is 1210. The number of nitrogens with zero attached hydrogens (tertiary/aromatic N) is 2. The number of carboxylic acids is 1. The van der Waals surface area contributed by atoms with Gasteiger partial charge >= 0.3 is 12.1 Å². The van der Waals surface area contributed by atoms with E-state index in [0.29, 0.717) is 18.5 Å². The van der Waals surface area contributed by atoms with Crippen molar-refractivity contribution >= 4 is 18.0 Å².